The van der Waals surface area contributed by atoms with Crippen LogP contribution in [0.3, 0.4) is 0 Å². The molecule has 1 heterocycles. The van der Waals surface area contributed by atoms with E-state index in [1.165, 1.54) is 12.1 Å². The van der Waals surface area contributed by atoms with Gasteiger partial charge in [-0.3, -0.25) is 10.1 Å². The number of non-ortho nitro benzene ring substituents is 1. The zero-order chi connectivity index (χ0) is 11.0. The molecule has 0 saturated carbocycles. The molecule has 0 spiro atoms. The third-order valence-electron chi connectivity index (χ3n) is 2.42. The van der Waals surface area contributed by atoms with Crippen LogP contribution < -0.4 is 16.2 Å². The molecule has 1 aromatic carbocycles. The number of anilines is 1. The van der Waals surface area contributed by atoms with Crippen LogP contribution in [0.15, 0.2) is 12.1 Å². The number of nitrogens with zero attached hydrogens (tertiary/aromatic N) is 1. The molecule has 7 heteroatoms. The fraction of sp³-hybridized carbons (Fsp3) is 0.333. The maximum absolute atomic E-state index is 10.6. The number of nitro groups is 1. The van der Waals surface area contributed by atoms with Gasteiger partial charge in [0.15, 0.2) is 0 Å². The Morgan fingerprint density at radius 2 is 2.19 bits per heavy atom. The lowest BCUT2D eigenvalue weighted by Crippen LogP contribution is -2.21. The number of fused-ring (bicyclic) bond motifs is 1. The van der Waals surface area contributed by atoms with Crippen molar-refractivity contribution in [2.75, 3.05) is 12.3 Å². The van der Waals surface area contributed by atoms with Crippen molar-refractivity contribution in [2.24, 2.45) is 5.73 Å². The van der Waals surface area contributed by atoms with Gasteiger partial charge in [0, 0.05) is 30.2 Å². The number of nitrogen functional groups attached to an aromatic ring is 1. The maximum Gasteiger partial charge on any atom is 0.272 e. The van der Waals surface area contributed by atoms with Gasteiger partial charge in [0.25, 0.3) is 5.69 Å². The standard InChI is InChI=1S/C9H11N3O3.ClH/c10-7-1-2-15-9-6(7)3-5(12(13)14)4-8(9)11;/h3-4,7H,1-2,10-11H2;1H/t7-;/m0./s1. The van der Waals surface area contributed by atoms with Gasteiger partial charge in [-0.1, -0.05) is 0 Å². The number of nitro benzene ring substituents is 1. The number of benzene rings is 1. The molecular formula is C9H12ClN3O3. The highest BCUT2D eigenvalue weighted by atomic mass is 35.5. The van der Waals surface area contributed by atoms with Crippen molar-refractivity contribution in [1.29, 1.82) is 0 Å². The van der Waals surface area contributed by atoms with Gasteiger partial charge in [-0.15, -0.1) is 12.4 Å². The Labute approximate surface area is 98.1 Å². The van der Waals surface area contributed by atoms with Gasteiger partial charge in [-0.05, 0) is 0 Å². The summed E-state index contributed by atoms with van der Waals surface area (Å²) in [7, 11) is 0. The summed E-state index contributed by atoms with van der Waals surface area (Å²) >= 11 is 0. The molecule has 0 unspecified atom stereocenters. The van der Waals surface area contributed by atoms with Crippen LogP contribution in [0, 0.1) is 10.1 Å². The third kappa shape index (κ3) is 2.02. The van der Waals surface area contributed by atoms with Crippen molar-refractivity contribution < 1.29 is 9.66 Å². The molecule has 0 amide bonds. The average Bonchev–Trinajstić information content (AvgIpc) is 2.19. The van der Waals surface area contributed by atoms with Crippen molar-refractivity contribution in [3.05, 3.63) is 27.8 Å². The van der Waals surface area contributed by atoms with Gasteiger partial charge >= 0.3 is 0 Å². The van der Waals surface area contributed by atoms with Gasteiger partial charge in [-0.2, -0.15) is 0 Å². The fourth-order valence-corrected chi connectivity index (χ4v) is 1.65. The molecular weight excluding hydrogens is 234 g/mol. The van der Waals surface area contributed by atoms with E-state index < -0.39 is 4.92 Å². The zero-order valence-corrected chi connectivity index (χ0v) is 9.20. The Morgan fingerprint density at radius 1 is 1.50 bits per heavy atom. The molecule has 0 saturated heterocycles. The number of halogens is 1. The SMILES string of the molecule is Cl.Nc1cc([N+](=O)[O-])cc2c1OCC[C@@H]2N. The predicted octanol–water partition coefficient (Wildman–Crippen LogP) is 1.38. The van der Waals surface area contributed by atoms with Crippen LogP contribution in [0.25, 0.3) is 0 Å². The molecule has 16 heavy (non-hydrogen) atoms. The first kappa shape index (κ1) is 12.5. The summed E-state index contributed by atoms with van der Waals surface area (Å²) in [6, 6.07) is 2.47. The topological polar surface area (TPSA) is 104 Å². The molecule has 0 bridgehead atoms. The lowest BCUT2D eigenvalue weighted by Gasteiger charge is -2.23. The fourth-order valence-electron chi connectivity index (χ4n) is 1.65. The zero-order valence-electron chi connectivity index (χ0n) is 8.38. The molecule has 88 valence electrons. The van der Waals surface area contributed by atoms with Gasteiger partial charge in [-0.25, -0.2) is 0 Å². The van der Waals surface area contributed by atoms with Gasteiger partial charge in [0.05, 0.1) is 17.2 Å². The highest BCUT2D eigenvalue weighted by Crippen LogP contribution is 2.38. The first-order valence-corrected chi connectivity index (χ1v) is 4.56. The van der Waals surface area contributed by atoms with Crippen LogP contribution in [0.4, 0.5) is 11.4 Å². The van der Waals surface area contributed by atoms with Gasteiger partial charge in [0.1, 0.15) is 5.75 Å². The van der Waals surface area contributed by atoms with E-state index in [4.69, 9.17) is 16.2 Å². The van der Waals surface area contributed by atoms with Gasteiger partial charge < -0.3 is 16.2 Å². The molecule has 1 atom stereocenters. The number of nitrogens with two attached hydrogens (primary N) is 2. The molecule has 0 radical (unpaired) electrons. The van der Waals surface area contributed by atoms with E-state index in [2.05, 4.69) is 0 Å². The van der Waals surface area contributed by atoms with E-state index in [0.29, 0.717) is 24.3 Å². The van der Waals surface area contributed by atoms with E-state index in [9.17, 15) is 10.1 Å². The van der Waals surface area contributed by atoms with E-state index in [-0.39, 0.29) is 29.8 Å². The molecule has 0 fully saturated rings. The number of ether oxygens (including phenoxy) is 1. The van der Waals surface area contributed by atoms with Crippen LogP contribution in [0.5, 0.6) is 5.75 Å². The smallest absolute Gasteiger partial charge is 0.272 e. The molecule has 0 aromatic heterocycles. The van der Waals surface area contributed by atoms with Gasteiger partial charge in [0.2, 0.25) is 0 Å². The van der Waals surface area contributed by atoms with E-state index in [1.54, 1.807) is 0 Å². The number of hydrogen-bond acceptors (Lipinski definition) is 5. The molecule has 1 aliphatic heterocycles. The molecule has 4 N–H and O–H groups in total. The Bertz CT molecular complexity index is 425. The Balaban J connectivity index is 0.00000128. The Morgan fingerprint density at radius 3 is 2.81 bits per heavy atom. The van der Waals surface area contributed by atoms with Crippen molar-refractivity contribution >= 4 is 23.8 Å². The first-order valence-electron chi connectivity index (χ1n) is 4.56. The van der Waals surface area contributed by atoms with Crippen LogP contribution in [0.2, 0.25) is 0 Å². The summed E-state index contributed by atoms with van der Waals surface area (Å²) in [4.78, 5) is 10.1. The summed E-state index contributed by atoms with van der Waals surface area (Å²) in [5.74, 6) is 0.486. The minimum absolute atomic E-state index is 0. The monoisotopic (exact) mass is 245 g/mol. The summed E-state index contributed by atoms with van der Waals surface area (Å²) in [5, 5.41) is 10.6. The minimum atomic E-state index is -0.488. The van der Waals surface area contributed by atoms with Crippen molar-refractivity contribution in [2.45, 2.75) is 12.5 Å². The summed E-state index contributed by atoms with van der Waals surface area (Å²) in [6.07, 6.45) is 0.646. The largest absolute Gasteiger partial charge is 0.491 e. The van der Waals surface area contributed by atoms with Crippen LogP contribution in [-0.2, 0) is 0 Å². The average molecular weight is 246 g/mol. The first-order chi connectivity index (χ1) is 7.09. The van der Waals surface area contributed by atoms with Crippen molar-refractivity contribution in [3.63, 3.8) is 0 Å². The highest BCUT2D eigenvalue weighted by Gasteiger charge is 2.23. The molecule has 1 aliphatic rings. The molecule has 6 nitrogen and oxygen atoms in total. The number of rotatable bonds is 1. The Kier molecular flexibility index (Phi) is 3.56. The summed E-state index contributed by atoms with van der Waals surface area (Å²) in [5.41, 5.74) is 12.3. The molecule has 1 aromatic rings. The summed E-state index contributed by atoms with van der Waals surface area (Å²) < 4.78 is 5.33. The van der Waals surface area contributed by atoms with Crippen LogP contribution in [0.1, 0.15) is 18.0 Å². The van der Waals surface area contributed by atoms with Crippen molar-refractivity contribution in [3.8, 4) is 5.75 Å². The second kappa shape index (κ2) is 4.54. The minimum Gasteiger partial charge on any atom is -0.491 e. The quantitative estimate of drug-likeness (QED) is 0.442. The third-order valence-corrected chi connectivity index (χ3v) is 2.42. The highest BCUT2D eigenvalue weighted by molar-refractivity contribution is 5.85. The van der Waals surface area contributed by atoms with E-state index in [0.717, 1.165) is 0 Å². The van der Waals surface area contributed by atoms with Crippen LogP contribution in [-0.4, -0.2) is 11.5 Å². The van der Waals surface area contributed by atoms with E-state index >= 15 is 0 Å². The number of hydrogen-bond donors (Lipinski definition) is 2. The second-order valence-electron chi connectivity index (χ2n) is 3.45. The lowest BCUT2D eigenvalue weighted by atomic mass is 10.00. The summed E-state index contributed by atoms with van der Waals surface area (Å²) in [6.45, 7) is 0.496. The molecule has 2 rings (SSSR count). The second-order valence-corrected chi connectivity index (χ2v) is 3.45. The van der Waals surface area contributed by atoms with Crippen molar-refractivity contribution in [1.82, 2.24) is 0 Å². The maximum atomic E-state index is 10.6. The lowest BCUT2D eigenvalue weighted by molar-refractivity contribution is -0.384. The normalized spacial score (nSPS) is 17.9. The Hall–Kier alpha value is -1.53. The predicted molar refractivity (Wildman–Crippen MR) is 61.8 cm³/mol. The van der Waals surface area contributed by atoms with Crippen LogP contribution >= 0.6 is 12.4 Å². The molecule has 0 aliphatic carbocycles. The van der Waals surface area contributed by atoms with E-state index in [1.807, 2.05) is 0 Å².